The Morgan fingerprint density at radius 1 is 0.875 bits per heavy atom. The Balaban J connectivity index is 0.00000289. The largest absolute Gasteiger partial charge is 0.426 e. The number of esters is 1. The second-order valence-corrected chi connectivity index (χ2v) is 12.3. The number of hydrogen-bond donors (Lipinski definition) is 0. The van der Waals surface area contributed by atoms with E-state index >= 15 is 0 Å². The van der Waals surface area contributed by atoms with Crippen molar-refractivity contribution >= 4 is 78.6 Å². The van der Waals surface area contributed by atoms with E-state index in [-0.39, 0.29) is 68.4 Å². The molecule has 0 N–H and O–H groups in total. The molecule has 8 nitrogen and oxygen atoms in total. The third-order valence-electron chi connectivity index (χ3n) is 4.84. The molecule has 0 aromatic heterocycles. The van der Waals surface area contributed by atoms with Crippen molar-refractivity contribution in [2.24, 2.45) is 0 Å². The fourth-order valence-corrected chi connectivity index (χ4v) is 6.36. The van der Waals surface area contributed by atoms with E-state index < -0.39 is 35.6 Å². The average molecular weight is 596 g/mol. The molecule has 0 fully saturated rings. The number of rotatable bonds is 4. The van der Waals surface area contributed by atoms with Crippen molar-refractivity contribution in [3.63, 3.8) is 0 Å². The molecule has 0 saturated heterocycles. The van der Waals surface area contributed by atoms with E-state index in [1.807, 2.05) is 0 Å². The monoisotopic (exact) mass is 597 g/mol. The predicted molar refractivity (Wildman–Crippen MR) is 115 cm³/mol. The summed E-state index contributed by atoms with van der Waals surface area (Å²) < 4.78 is 78.3. The van der Waals surface area contributed by atoms with Gasteiger partial charge in [-0.1, -0.05) is 35.2 Å². The van der Waals surface area contributed by atoms with Crippen LogP contribution in [0.15, 0.2) is 51.1 Å². The fourth-order valence-electron chi connectivity index (χ4n) is 3.75. The van der Waals surface area contributed by atoms with Crippen molar-refractivity contribution in [3.8, 4) is 5.75 Å². The molecule has 0 radical (unpaired) electrons. The minimum absolute atomic E-state index is 0. The van der Waals surface area contributed by atoms with Gasteiger partial charge in [-0.3, -0.25) is 4.79 Å². The summed E-state index contributed by atoms with van der Waals surface area (Å²) in [7, 11) is -5.34. The van der Waals surface area contributed by atoms with E-state index in [1.165, 1.54) is 24.3 Å². The fraction of sp³-hybridized carbons (Fsp3) is 0.105. The van der Waals surface area contributed by atoms with Gasteiger partial charge in [-0.15, -0.1) is 0 Å². The van der Waals surface area contributed by atoms with Crippen LogP contribution in [0.5, 0.6) is 5.75 Å². The molecule has 0 aliphatic heterocycles. The quantitative estimate of drug-likeness (QED) is 0.0876. The summed E-state index contributed by atoms with van der Waals surface area (Å²) in [5.41, 5.74) is 0. The van der Waals surface area contributed by atoms with E-state index in [4.69, 9.17) is 15.4 Å². The molecular weight excluding hydrogens is 584 g/mol. The number of hydrogen-bond acceptors (Lipinski definition) is 9. The van der Waals surface area contributed by atoms with Gasteiger partial charge in [0.15, 0.2) is 9.84 Å². The first-order valence-corrected chi connectivity index (χ1v) is 13.8. The molecule has 4 aromatic carbocycles. The summed E-state index contributed by atoms with van der Waals surface area (Å²) in [6.45, 7) is 1.13. The van der Waals surface area contributed by atoms with Gasteiger partial charge < -0.3 is 13.2 Å². The van der Waals surface area contributed by atoms with Crippen molar-refractivity contribution in [2.75, 3.05) is 6.26 Å². The number of carbonyl (C=O) groups excluding carboxylic acids is 1. The second kappa shape index (κ2) is 8.21. The van der Waals surface area contributed by atoms with Crippen LogP contribution in [0.1, 0.15) is 6.92 Å². The van der Waals surface area contributed by atoms with Crippen LogP contribution < -0.4 is 4.74 Å². The summed E-state index contributed by atoms with van der Waals surface area (Å²) in [6, 6.07) is 7.88. The number of ether oxygens (including phenoxy) is 1. The Morgan fingerprint density at radius 3 is 1.88 bits per heavy atom. The van der Waals surface area contributed by atoms with E-state index in [0.717, 1.165) is 25.3 Å². The summed E-state index contributed by atoms with van der Waals surface area (Å²) in [4.78, 5) is 10.7. The van der Waals surface area contributed by atoms with Crippen LogP contribution in [0, 0.1) is 0 Å². The molecule has 0 atom stereocenters. The summed E-state index contributed by atoms with van der Waals surface area (Å²) in [5, 5.41) is 1.22. The molecule has 0 aliphatic carbocycles. The smallest absolute Gasteiger partial charge is 0.308 e. The Bertz CT molecular complexity index is 1720. The molecule has 4 aromatic rings. The average Bonchev–Trinajstić information content (AvgIpc) is 2.63. The molecule has 4 rings (SSSR count). The molecule has 32 heavy (non-hydrogen) atoms. The predicted octanol–water partition coefficient (Wildman–Crippen LogP) is 3.51. The molecule has 0 aliphatic rings. The van der Waals surface area contributed by atoms with E-state index in [0.29, 0.717) is 5.39 Å². The second-order valence-electron chi connectivity index (χ2n) is 6.86. The SMILES string of the molecule is CC(=O)Oc1cc(S(=O)(=O)Cl)c2ccc3c(S(C)(=O)=O)cc([S-](=O)=O)c4ccc1c2c43.[Mo]. The molecule has 0 bridgehead atoms. The minimum Gasteiger partial charge on any atom is -0.426 e. The molecule has 0 unspecified atom stereocenters. The van der Waals surface area contributed by atoms with Crippen LogP contribution in [0.2, 0.25) is 0 Å². The standard InChI is InChI=1S/C19H12ClO8S3.Mo/c1-9(21)28-14-7-17(31(20,26)27)13-6-5-12-16(30(2,24)25)8-15(29(22)23)11-4-3-10(14)18(13)19(11)12;/h3-8H,1-2H3;/q-1;. The minimum atomic E-state index is -4.31. The van der Waals surface area contributed by atoms with Crippen LogP contribution >= 0.6 is 10.7 Å². The van der Waals surface area contributed by atoms with Gasteiger partial charge in [0.05, 0.1) is 9.79 Å². The van der Waals surface area contributed by atoms with Gasteiger partial charge in [-0.25, -0.2) is 16.8 Å². The van der Waals surface area contributed by atoms with Crippen LogP contribution in [0.3, 0.4) is 0 Å². The molecule has 0 heterocycles. The van der Waals surface area contributed by atoms with Gasteiger partial charge in [-0.05, 0) is 21.5 Å². The van der Waals surface area contributed by atoms with Crippen LogP contribution in [-0.2, 0) is 63.9 Å². The molecule has 168 valence electrons. The van der Waals surface area contributed by atoms with E-state index in [1.54, 1.807) is 0 Å². The van der Waals surface area contributed by atoms with E-state index in [2.05, 4.69) is 0 Å². The molecule has 0 amide bonds. The zero-order valence-electron chi connectivity index (χ0n) is 16.2. The summed E-state index contributed by atoms with van der Waals surface area (Å²) in [6.07, 6.45) is 0.940. The van der Waals surface area contributed by atoms with Crippen LogP contribution in [0.4, 0.5) is 0 Å². The van der Waals surface area contributed by atoms with Gasteiger partial charge in [-0.2, -0.15) is 0 Å². The third kappa shape index (κ3) is 4.01. The van der Waals surface area contributed by atoms with Crippen molar-refractivity contribution in [2.45, 2.75) is 21.6 Å². The molecular formula is C19H12ClMoO8S3-. The van der Waals surface area contributed by atoms with Crippen molar-refractivity contribution in [1.82, 2.24) is 0 Å². The Hall–Kier alpha value is -1.78. The van der Waals surface area contributed by atoms with Gasteiger partial charge in [0.1, 0.15) is 5.75 Å². The zero-order valence-corrected chi connectivity index (χ0v) is 21.5. The van der Waals surface area contributed by atoms with Crippen molar-refractivity contribution in [1.29, 1.82) is 0 Å². The van der Waals surface area contributed by atoms with Gasteiger partial charge in [0.2, 0.25) is 0 Å². The number of carbonyl (C=O) groups is 1. The third-order valence-corrected chi connectivity index (χ3v) is 8.04. The first-order chi connectivity index (χ1) is 14.3. The summed E-state index contributed by atoms with van der Waals surface area (Å²) in [5.74, 6) is -0.825. The van der Waals surface area contributed by atoms with Gasteiger partial charge >= 0.3 is 5.97 Å². The van der Waals surface area contributed by atoms with Gasteiger partial charge in [0, 0.05) is 72.5 Å². The molecule has 0 spiro atoms. The summed E-state index contributed by atoms with van der Waals surface area (Å²) >= 11 is 0. The maximum atomic E-state index is 12.4. The Labute approximate surface area is 203 Å². The van der Waals surface area contributed by atoms with Crippen LogP contribution in [-0.4, -0.2) is 29.1 Å². The molecule has 13 heteroatoms. The van der Waals surface area contributed by atoms with Crippen LogP contribution in [0.25, 0.3) is 32.3 Å². The van der Waals surface area contributed by atoms with Crippen molar-refractivity contribution in [3.05, 3.63) is 36.4 Å². The topological polar surface area (TPSA) is 129 Å². The van der Waals surface area contributed by atoms with Gasteiger partial charge in [0.25, 0.3) is 9.05 Å². The Morgan fingerprint density at radius 2 is 1.38 bits per heavy atom. The number of benzene rings is 4. The maximum Gasteiger partial charge on any atom is 0.308 e. The van der Waals surface area contributed by atoms with E-state index in [9.17, 15) is 30.0 Å². The Kier molecular flexibility index (Phi) is 6.38. The number of halogens is 1. The first-order valence-electron chi connectivity index (χ1n) is 8.51. The first kappa shape index (κ1) is 24.9. The molecule has 0 saturated carbocycles. The van der Waals surface area contributed by atoms with Crippen molar-refractivity contribution < 1.29 is 55.9 Å². The normalized spacial score (nSPS) is 12.5. The number of sulfone groups is 1. The zero-order chi connectivity index (χ0) is 22.9. The maximum absolute atomic E-state index is 12.4.